The summed E-state index contributed by atoms with van der Waals surface area (Å²) in [4.78, 5) is 33.7. The summed E-state index contributed by atoms with van der Waals surface area (Å²) in [7, 11) is 1.27. The molecule has 1 N–H and O–H groups in total. The largest absolute Gasteiger partial charge is 0.465 e. The predicted molar refractivity (Wildman–Crippen MR) is 88.1 cm³/mol. The van der Waals surface area contributed by atoms with Crippen LogP contribution in [0.1, 0.15) is 21.3 Å². The molecule has 1 amide bonds. The van der Waals surface area contributed by atoms with Crippen LogP contribution in [0.2, 0.25) is 0 Å². The van der Waals surface area contributed by atoms with Crippen LogP contribution in [0.4, 0.5) is 11.4 Å². The summed E-state index contributed by atoms with van der Waals surface area (Å²) >= 11 is 6.08. The van der Waals surface area contributed by atoms with Crippen molar-refractivity contribution >= 4 is 34.9 Å². The third-order valence-electron chi connectivity index (χ3n) is 3.18. The number of benzene rings is 2. The average molecular weight is 349 g/mol. The van der Waals surface area contributed by atoms with Crippen LogP contribution in [0.25, 0.3) is 0 Å². The number of alkyl halides is 1. The maximum atomic E-state index is 12.2. The molecular formula is C16H13ClN2O5. The van der Waals surface area contributed by atoms with Crippen LogP contribution < -0.4 is 5.32 Å². The van der Waals surface area contributed by atoms with E-state index >= 15 is 0 Å². The molecule has 0 saturated heterocycles. The molecule has 0 fully saturated rings. The fourth-order valence-corrected chi connectivity index (χ4v) is 2.15. The van der Waals surface area contributed by atoms with Crippen molar-refractivity contribution in [3.8, 4) is 0 Å². The van der Waals surface area contributed by atoms with Gasteiger partial charge in [0, 0.05) is 17.8 Å². The lowest BCUT2D eigenvalue weighted by Crippen LogP contribution is -2.17. The number of hydrogen-bond donors (Lipinski definition) is 1. The van der Waals surface area contributed by atoms with Crippen LogP contribution in [0, 0.1) is 10.1 Å². The van der Waals surface area contributed by atoms with Crippen molar-refractivity contribution in [3.05, 3.63) is 69.8 Å². The van der Waals surface area contributed by atoms with E-state index in [9.17, 15) is 19.7 Å². The Balaban J connectivity index is 2.10. The quantitative estimate of drug-likeness (QED) is 0.387. The fourth-order valence-electron chi connectivity index (χ4n) is 1.96. The van der Waals surface area contributed by atoms with Gasteiger partial charge in [-0.1, -0.05) is 12.1 Å². The second kappa shape index (κ2) is 7.56. The number of nitrogens with zero attached hydrogens (tertiary/aromatic N) is 1. The van der Waals surface area contributed by atoms with Crippen LogP contribution in [0.5, 0.6) is 0 Å². The van der Waals surface area contributed by atoms with E-state index in [1.807, 2.05) is 0 Å². The average Bonchev–Trinajstić information content (AvgIpc) is 2.61. The van der Waals surface area contributed by atoms with Gasteiger partial charge in [0.05, 0.1) is 17.6 Å². The van der Waals surface area contributed by atoms with Crippen molar-refractivity contribution in [2.75, 3.05) is 12.4 Å². The van der Waals surface area contributed by atoms with Crippen molar-refractivity contribution in [1.82, 2.24) is 0 Å². The number of non-ortho nitro benzene ring substituents is 1. The number of carbonyl (C=O) groups is 2. The Labute approximate surface area is 142 Å². The first-order valence-electron chi connectivity index (χ1n) is 6.80. The molecule has 0 saturated carbocycles. The number of nitrogens with one attached hydrogen (secondary N) is 1. The first kappa shape index (κ1) is 17.4. The third kappa shape index (κ3) is 4.08. The van der Waals surface area contributed by atoms with Gasteiger partial charge in [-0.2, -0.15) is 0 Å². The fraction of sp³-hybridized carbons (Fsp3) is 0.125. The minimum absolute atomic E-state index is 0.145. The van der Waals surface area contributed by atoms with E-state index < -0.39 is 22.2 Å². The number of anilines is 1. The van der Waals surface area contributed by atoms with Crippen molar-refractivity contribution in [3.63, 3.8) is 0 Å². The van der Waals surface area contributed by atoms with Gasteiger partial charge in [-0.3, -0.25) is 14.9 Å². The molecule has 1 unspecified atom stereocenters. The standard InChI is InChI=1S/C16H13ClN2O5/c1-24-16(21)10-5-7-12(8-6-10)18-15(20)14(17)11-3-2-4-13(9-11)19(22)23/h2-9,14H,1H3,(H,18,20). The van der Waals surface area contributed by atoms with Crippen molar-refractivity contribution < 1.29 is 19.2 Å². The first-order chi connectivity index (χ1) is 11.4. The van der Waals surface area contributed by atoms with Gasteiger partial charge in [0.1, 0.15) is 5.38 Å². The highest BCUT2D eigenvalue weighted by Gasteiger charge is 2.20. The molecule has 0 heterocycles. The number of methoxy groups -OCH3 is 1. The molecule has 2 rings (SSSR count). The lowest BCUT2D eigenvalue weighted by atomic mass is 10.1. The zero-order valence-electron chi connectivity index (χ0n) is 12.6. The summed E-state index contributed by atoms with van der Waals surface area (Å²) in [6.07, 6.45) is 0. The molecule has 8 heteroatoms. The zero-order valence-corrected chi connectivity index (χ0v) is 13.3. The molecule has 0 aromatic heterocycles. The highest BCUT2D eigenvalue weighted by Crippen LogP contribution is 2.25. The third-order valence-corrected chi connectivity index (χ3v) is 3.63. The number of carbonyl (C=O) groups excluding carboxylic acids is 2. The van der Waals surface area contributed by atoms with E-state index in [0.717, 1.165) is 0 Å². The lowest BCUT2D eigenvalue weighted by molar-refractivity contribution is -0.384. The molecule has 1 atom stereocenters. The monoisotopic (exact) mass is 348 g/mol. The highest BCUT2D eigenvalue weighted by atomic mass is 35.5. The molecular weight excluding hydrogens is 336 g/mol. The number of nitro benzene ring substituents is 1. The molecule has 7 nitrogen and oxygen atoms in total. The van der Waals surface area contributed by atoms with Gasteiger partial charge in [-0.25, -0.2) is 4.79 Å². The summed E-state index contributed by atoms with van der Waals surface area (Å²) in [6, 6.07) is 11.6. The molecule has 0 aliphatic rings. The summed E-state index contributed by atoms with van der Waals surface area (Å²) in [5.41, 5.74) is 0.947. The normalized spacial score (nSPS) is 11.4. The Morgan fingerprint density at radius 1 is 1.21 bits per heavy atom. The molecule has 0 aliphatic carbocycles. The van der Waals surface area contributed by atoms with E-state index in [2.05, 4.69) is 10.1 Å². The smallest absolute Gasteiger partial charge is 0.337 e. The van der Waals surface area contributed by atoms with Crippen molar-refractivity contribution in [2.45, 2.75) is 5.38 Å². The predicted octanol–water partition coefficient (Wildman–Crippen LogP) is 3.30. The molecule has 0 spiro atoms. The maximum Gasteiger partial charge on any atom is 0.337 e. The number of amides is 1. The summed E-state index contributed by atoms with van der Waals surface area (Å²) in [6.45, 7) is 0. The van der Waals surface area contributed by atoms with Gasteiger partial charge in [0.2, 0.25) is 5.91 Å². The molecule has 2 aromatic rings. The van der Waals surface area contributed by atoms with E-state index in [-0.39, 0.29) is 5.69 Å². The van der Waals surface area contributed by atoms with Gasteiger partial charge in [-0.05, 0) is 29.8 Å². The highest BCUT2D eigenvalue weighted by molar-refractivity contribution is 6.32. The van der Waals surface area contributed by atoms with Gasteiger partial charge in [0.15, 0.2) is 0 Å². The van der Waals surface area contributed by atoms with E-state index in [0.29, 0.717) is 16.8 Å². The maximum absolute atomic E-state index is 12.2. The van der Waals surface area contributed by atoms with E-state index in [1.54, 1.807) is 0 Å². The molecule has 2 aromatic carbocycles. The number of halogens is 1. The molecule has 24 heavy (non-hydrogen) atoms. The number of ether oxygens (including phenoxy) is 1. The van der Waals surface area contributed by atoms with Gasteiger partial charge in [0.25, 0.3) is 5.69 Å². The number of nitro groups is 1. The molecule has 124 valence electrons. The summed E-state index contributed by atoms with van der Waals surface area (Å²) in [5.74, 6) is -1.03. The Bertz CT molecular complexity index is 776. The summed E-state index contributed by atoms with van der Waals surface area (Å²) < 4.78 is 4.58. The number of rotatable bonds is 5. The van der Waals surface area contributed by atoms with Crippen LogP contribution in [-0.4, -0.2) is 23.9 Å². The molecule has 0 bridgehead atoms. The SMILES string of the molecule is COC(=O)c1ccc(NC(=O)C(Cl)c2cccc([N+](=O)[O-])c2)cc1. The second-order valence-corrected chi connectivity index (χ2v) is 5.21. The zero-order chi connectivity index (χ0) is 17.7. The van der Waals surface area contributed by atoms with Gasteiger partial charge >= 0.3 is 5.97 Å². The topological polar surface area (TPSA) is 98.5 Å². The Morgan fingerprint density at radius 3 is 2.46 bits per heavy atom. The van der Waals surface area contributed by atoms with Crippen molar-refractivity contribution in [1.29, 1.82) is 0 Å². The number of hydrogen-bond acceptors (Lipinski definition) is 5. The minimum Gasteiger partial charge on any atom is -0.465 e. The Hall–Kier alpha value is -2.93. The number of esters is 1. The van der Waals surface area contributed by atoms with Gasteiger partial charge in [-0.15, -0.1) is 11.6 Å². The second-order valence-electron chi connectivity index (χ2n) is 4.77. The minimum atomic E-state index is -1.09. The van der Waals surface area contributed by atoms with Crippen molar-refractivity contribution in [2.24, 2.45) is 0 Å². The first-order valence-corrected chi connectivity index (χ1v) is 7.23. The van der Waals surface area contributed by atoms with E-state index in [1.165, 1.54) is 55.6 Å². The molecule has 0 radical (unpaired) electrons. The summed E-state index contributed by atoms with van der Waals surface area (Å²) in [5, 5.41) is 12.3. The van der Waals surface area contributed by atoms with Gasteiger partial charge < -0.3 is 10.1 Å². The Kier molecular flexibility index (Phi) is 5.49. The lowest BCUT2D eigenvalue weighted by Gasteiger charge is -2.11. The van der Waals surface area contributed by atoms with Crippen LogP contribution in [0.3, 0.4) is 0 Å². The Morgan fingerprint density at radius 2 is 1.88 bits per heavy atom. The van der Waals surface area contributed by atoms with Crippen LogP contribution in [-0.2, 0) is 9.53 Å². The molecule has 0 aliphatic heterocycles. The van der Waals surface area contributed by atoms with Crippen LogP contribution in [0.15, 0.2) is 48.5 Å². The van der Waals surface area contributed by atoms with Crippen LogP contribution >= 0.6 is 11.6 Å². The van der Waals surface area contributed by atoms with E-state index in [4.69, 9.17) is 11.6 Å².